The van der Waals surface area contributed by atoms with Crippen LogP contribution in [0.1, 0.15) is 43.2 Å². The van der Waals surface area contributed by atoms with Crippen molar-refractivity contribution in [3.8, 4) is 11.5 Å². The van der Waals surface area contributed by atoms with E-state index in [2.05, 4.69) is 5.32 Å². The maximum Gasteiger partial charge on any atom is 0.228 e. The Morgan fingerprint density at radius 1 is 1.00 bits per heavy atom. The van der Waals surface area contributed by atoms with Crippen molar-refractivity contribution in [3.05, 3.63) is 53.6 Å². The highest BCUT2D eigenvalue weighted by atomic mass is 32.2. The summed E-state index contributed by atoms with van der Waals surface area (Å²) >= 11 is 0. The number of hydrogen-bond acceptors (Lipinski definition) is 4. The van der Waals surface area contributed by atoms with Crippen LogP contribution in [0.4, 0.5) is 5.69 Å². The lowest BCUT2D eigenvalue weighted by Gasteiger charge is -2.21. The predicted molar refractivity (Wildman–Crippen MR) is 117 cm³/mol. The molecule has 6 heteroatoms. The zero-order valence-corrected chi connectivity index (χ0v) is 17.9. The van der Waals surface area contributed by atoms with Crippen LogP contribution in [-0.4, -0.2) is 29.6 Å². The molecule has 29 heavy (non-hydrogen) atoms. The molecule has 1 amide bonds. The van der Waals surface area contributed by atoms with Gasteiger partial charge in [0.25, 0.3) is 0 Å². The van der Waals surface area contributed by atoms with Gasteiger partial charge in [0.1, 0.15) is 0 Å². The summed E-state index contributed by atoms with van der Waals surface area (Å²) in [6.07, 6.45) is 5.99. The molecule has 1 unspecified atom stereocenters. The molecule has 0 radical (unpaired) electrons. The molecule has 2 aromatic rings. The van der Waals surface area contributed by atoms with Crippen LogP contribution in [0.3, 0.4) is 0 Å². The average Bonchev–Trinajstić information content (AvgIpc) is 2.74. The van der Waals surface area contributed by atoms with Gasteiger partial charge in [0, 0.05) is 27.5 Å². The molecule has 0 aliphatic heterocycles. The molecule has 0 heterocycles. The van der Waals surface area contributed by atoms with Crippen molar-refractivity contribution in [1.29, 1.82) is 0 Å². The molecule has 5 nitrogen and oxygen atoms in total. The van der Waals surface area contributed by atoms with E-state index >= 15 is 0 Å². The fraction of sp³-hybridized carbons (Fsp3) is 0.435. The van der Waals surface area contributed by atoms with E-state index in [1.165, 1.54) is 19.3 Å². The second-order valence-electron chi connectivity index (χ2n) is 7.40. The van der Waals surface area contributed by atoms with Crippen molar-refractivity contribution in [2.24, 2.45) is 0 Å². The van der Waals surface area contributed by atoms with Gasteiger partial charge in [0.05, 0.1) is 20.6 Å². The van der Waals surface area contributed by atoms with Crippen molar-refractivity contribution in [2.75, 3.05) is 19.5 Å². The lowest BCUT2D eigenvalue weighted by Crippen LogP contribution is -2.20. The van der Waals surface area contributed by atoms with Gasteiger partial charge in [0.15, 0.2) is 11.5 Å². The molecule has 1 fully saturated rings. The van der Waals surface area contributed by atoms with E-state index in [9.17, 15) is 9.00 Å². The molecule has 0 saturated heterocycles. The van der Waals surface area contributed by atoms with Gasteiger partial charge < -0.3 is 14.8 Å². The first-order valence-electron chi connectivity index (χ1n) is 10.1. The van der Waals surface area contributed by atoms with E-state index < -0.39 is 10.8 Å². The topological polar surface area (TPSA) is 64.6 Å². The van der Waals surface area contributed by atoms with E-state index in [1.54, 1.807) is 20.3 Å². The van der Waals surface area contributed by atoms with Crippen molar-refractivity contribution < 1.29 is 18.5 Å². The van der Waals surface area contributed by atoms with Crippen molar-refractivity contribution in [1.82, 2.24) is 0 Å². The van der Waals surface area contributed by atoms with Gasteiger partial charge in [-0.15, -0.1) is 0 Å². The summed E-state index contributed by atoms with van der Waals surface area (Å²) in [6, 6.07) is 13.1. The van der Waals surface area contributed by atoms with Crippen molar-refractivity contribution >= 4 is 22.4 Å². The Morgan fingerprint density at radius 3 is 2.48 bits per heavy atom. The van der Waals surface area contributed by atoms with Crippen LogP contribution in [0.5, 0.6) is 11.5 Å². The molecule has 0 aromatic heterocycles. The lowest BCUT2D eigenvalue weighted by molar-refractivity contribution is -0.115. The molecule has 3 rings (SSSR count). The van der Waals surface area contributed by atoms with Crippen LogP contribution in [-0.2, 0) is 27.8 Å². The Balaban J connectivity index is 1.59. The summed E-state index contributed by atoms with van der Waals surface area (Å²) in [7, 11) is 2.30. The third-order valence-corrected chi connectivity index (χ3v) is 7.09. The summed E-state index contributed by atoms with van der Waals surface area (Å²) < 4.78 is 23.2. The Bertz CT molecular complexity index is 862. The number of ether oxygens (including phenoxy) is 2. The molecule has 0 spiro atoms. The first-order chi connectivity index (χ1) is 14.1. The SMILES string of the molecule is COc1ccc(CC(=O)Nc2cccc(CS(=O)C3CCCCC3)c2)cc1OC. The molecule has 1 atom stereocenters. The molecular formula is C23H29NO4S. The highest BCUT2D eigenvalue weighted by molar-refractivity contribution is 7.84. The van der Waals surface area contributed by atoms with Crippen LogP contribution >= 0.6 is 0 Å². The maximum absolute atomic E-state index is 12.7. The summed E-state index contributed by atoms with van der Waals surface area (Å²) in [5, 5.41) is 3.25. The number of anilines is 1. The number of carbonyl (C=O) groups excluding carboxylic acids is 1. The van der Waals surface area contributed by atoms with Gasteiger partial charge >= 0.3 is 0 Å². The standard InChI is InChI=1S/C23H29NO4S/c1-27-21-12-11-17(14-22(21)28-2)15-23(25)24-19-8-6-7-18(13-19)16-29(26)20-9-4-3-5-10-20/h6-8,11-14,20H,3-5,9-10,15-16H2,1-2H3,(H,24,25). The summed E-state index contributed by atoms with van der Waals surface area (Å²) in [4.78, 5) is 12.5. The van der Waals surface area contributed by atoms with Gasteiger partial charge in [-0.1, -0.05) is 37.5 Å². The number of nitrogens with one attached hydrogen (secondary N) is 1. The maximum atomic E-state index is 12.7. The first kappa shape index (κ1) is 21.4. The van der Waals surface area contributed by atoms with E-state index in [0.29, 0.717) is 22.5 Å². The third-order valence-electron chi connectivity index (χ3n) is 5.26. The van der Waals surface area contributed by atoms with Gasteiger partial charge in [-0.2, -0.15) is 0 Å². The summed E-state index contributed by atoms with van der Waals surface area (Å²) in [5.74, 6) is 1.67. The highest BCUT2D eigenvalue weighted by Gasteiger charge is 2.20. The Morgan fingerprint density at radius 2 is 1.76 bits per heavy atom. The molecule has 0 bridgehead atoms. The molecule has 156 valence electrons. The monoisotopic (exact) mass is 415 g/mol. The summed E-state index contributed by atoms with van der Waals surface area (Å²) in [5.41, 5.74) is 2.57. The van der Waals surface area contributed by atoms with Crippen LogP contribution in [0.15, 0.2) is 42.5 Å². The molecule has 1 saturated carbocycles. The second kappa shape index (κ2) is 10.4. The van der Waals surface area contributed by atoms with Gasteiger partial charge in [-0.25, -0.2) is 0 Å². The smallest absolute Gasteiger partial charge is 0.228 e. The number of rotatable bonds is 8. The molecule has 1 aliphatic rings. The minimum Gasteiger partial charge on any atom is -0.493 e. The number of amides is 1. The Kier molecular flexibility index (Phi) is 7.69. The first-order valence-corrected chi connectivity index (χ1v) is 11.4. The lowest BCUT2D eigenvalue weighted by atomic mass is 10.0. The molecule has 2 aromatic carbocycles. The van der Waals surface area contributed by atoms with E-state index in [4.69, 9.17) is 9.47 Å². The van der Waals surface area contributed by atoms with Crippen molar-refractivity contribution in [3.63, 3.8) is 0 Å². The van der Waals surface area contributed by atoms with Crippen LogP contribution in [0, 0.1) is 0 Å². The highest BCUT2D eigenvalue weighted by Crippen LogP contribution is 2.28. The molecule has 1 N–H and O–H groups in total. The van der Waals surface area contributed by atoms with Crippen LogP contribution < -0.4 is 14.8 Å². The minimum atomic E-state index is -0.855. The third kappa shape index (κ3) is 6.07. The summed E-state index contributed by atoms with van der Waals surface area (Å²) in [6.45, 7) is 0. The molecule has 1 aliphatic carbocycles. The van der Waals surface area contributed by atoms with Crippen molar-refractivity contribution in [2.45, 2.75) is 49.5 Å². The molecular weight excluding hydrogens is 386 g/mol. The predicted octanol–water partition coefficient (Wildman–Crippen LogP) is 4.47. The zero-order chi connectivity index (χ0) is 20.6. The number of methoxy groups -OCH3 is 2. The number of hydrogen-bond donors (Lipinski definition) is 1. The van der Waals surface area contributed by atoms with Crippen LogP contribution in [0.25, 0.3) is 0 Å². The number of benzene rings is 2. The fourth-order valence-electron chi connectivity index (χ4n) is 3.73. The minimum absolute atomic E-state index is 0.109. The Labute approximate surface area is 175 Å². The normalized spacial score (nSPS) is 15.5. The largest absolute Gasteiger partial charge is 0.493 e. The number of carbonyl (C=O) groups is 1. The van der Waals surface area contributed by atoms with E-state index in [1.807, 2.05) is 36.4 Å². The quantitative estimate of drug-likeness (QED) is 0.691. The average molecular weight is 416 g/mol. The Hall–Kier alpha value is -2.34. The second-order valence-corrected chi connectivity index (χ2v) is 9.12. The van der Waals surface area contributed by atoms with Gasteiger partial charge in [-0.05, 0) is 48.2 Å². The van der Waals surface area contributed by atoms with Gasteiger partial charge in [0.2, 0.25) is 5.91 Å². The van der Waals surface area contributed by atoms with Crippen LogP contribution in [0.2, 0.25) is 0 Å². The zero-order valence-electron chi connectivity index (χ0n) is 17.1. The van der Waals surface area contributed by atoms with Gasteiger partial charge in [-0.3, -0.25) is 9.00 Å². The van der Waals surface area contributed by atoms with E-state index in [0.717, 1.165) is 29.7 Å². The van der Waals surface area contributed by atoms with E-state index in [-0.39, 0.29) is 12.3 Å². The fourth-order valence-corrected chi connectivity index (χ4v) is 5.33.